The van der Waals surface area contributed by atoms with Gasteiger partial charge < -0.3 is 4.42 Å². The van der Waals surface area contributed by atoms with Crippen molar-refractivity contribution in [3.63, 3.8) is 0 Å². The summed E-state index contributed by atoms with van der Waals surface area (Å²) in [6.07, 6.45) is 5.79. The van der Waals surface area contributed by atoms with E-state index < -0.39 is 11.8 Å². The number of hydrogen-bond donors (Lipinski definition) is 0. The monoisotopic (exact) mass is 576 g/mol. The minimum absolute atomic E-state index is 0.309. The fourth-order valence-electron chi connectivity index (χ4n) is 7.84. The first kappa shape index (κ1) is 24.6. The van der Waals surface area contributed by atoms with Crippen LogP contribution in [0.15, 0.2) is 138 Å². The largest absolute Gasteiger partial charge is 0.455 e. The number of carbonyl (C=O) groups is 2. The molecular formula is C42H24O3. The molecule has 2 bridgehead atoms. The molecule has 1 aromatic heterocycles. The number of furan rings is 1. The maximum absolute atomic E-state index is 13.1. The molecule has 2 unspecified atom stereocenters. The van der Waals surface area contributed by atoms with Crippen LogP contribution in [0.1, 0.15) is 5.56 Å². The van der Waals surface area contributed by atoms with Gasteiger partial charge in [0, 0.05) is 16.3 Å². The summed E-state index contributed by atoms with van der Waals surface area (Å²) in [5, 5.41) is 9.14. The average molecular weight is 577 g/mol. The van der Waals surface area contributed by atoms with Crippen LogP contribution in [0.5, 0.6) is 0 Å². The molecular weight excluding hydrogens is 552 g/mol. The van der Waals surface area contributed by atoms with Gasteiger partial charge in [0.2, 0.25) is 11.6 Å². The number of Topliss-reactive ketones (excluding diaryl/α,β-unsaturated/α-hetero) is 2. The Morgan fingerprint density at radius 1 is 0.511 bits per heavy atom. The zero-order valence-electron chi connectivity index (χ0n) is 24.1. The highest BCUT2D eigenvalue weighted by molar-refractivity contribution is 6.44. The molecule has 0 amide bonds. The van der Waals surface area contributed by atoms with E-state index in [1.54, 1.807) is 0 Å². The van der Waals surface area contributed by atoms with Crippen LogP contribution in [0.25, 0.3) is 82.1 Å². The third-order valence-corrected chi connectivity index (χ3v) is 9.91. The summed E-state index contributed by atoms with van der Waals surface area (Å²) in [4.78, 5) is 25.8. The molecule has 0 saturated carbocycles. The lowest BCUT2D eigenvalue weighted by molar-refractivity contribution is -0.139. The van der Waals surface area contributed by atoms with Crippen molar-refractivity contribution in [3.8, 4) is 22.3 Å². The first-order chi connectivity index (χ1) is 22.2. The highest BCUT2D eigenvalue weighted by Gasteiger charge is 2.40. The van der Waals surface area contributed by atoms with Crippen LogP contribution in [0.2, 0.25) is 0 Å². The van der Waals surface area contributed by atoms with Gasteiger partial charge in [-0.25, -0.2) is 0 Å². The van der Waals surface area contributed by atoms with E-state index in [4.69, 9.17) is 4.42 Å². The van der Waals surface area contributed by atoms with Gasteiger partial charge in [0.15, 0.2) is 0 Å². The van der Waals surface area contributed by atoms with Crippen LogP contribution in [0.4, 0.5) is 0 Å². The van der Waals surface area contributed by atoms with Gasteiger partial charge in [-0.1, -0.05) is 121 Å². The van der Waals surface area contributed by atoms with E-state index in [9.17, 15) is 9.59 Å². The summed E-state index contributed by atoms with van der Waals surface area (Å²) in [5.74, 6) is -1.66. The fraction of sp³-hybridized carbons (Fsp3) is 0.0476. The Kier molecular flexibility index (Phi) is 4.85. The molecule has 210 valence electrons. The summed E-state index contributed by atoms with van der Waals surface area (Å²) >= 11 is 0. The van der Waals surface area contributed by atoms with Crippen molar-refractivity contribution in [2.24, 2.45) is 11.8 Å². The predicted molar refractivity (Wildman–Crippen MR) is 182 cm³/mol. The zero-order chi connectivity index (χ0) is 29.8. The fourth-order valence-corrected chi connectivity index (χ4v) is 7.84. The Labute approximate surface area is 258 Å². The van der Waals surface area contributed by atoms with Crippen LogP contribution in [-0.4, -0.2) is 11.6 Å². The van der Waals surface area contributed by atoms with Gasteiger partial charge in [-0.3, -0.25) is 9.59 Å². The molecule has 2 atom stereocenters. The summed E-state index contributed by atoms with van der Waals surface area (Å²) in [6, 6.07) is 40.5. The minimum Gasteiger partial charge on any atom is -0.455 e. The normalized spacial score (nSPS) is 17.9. The SMILES string of the molecule is O=C1C(=O)C2C=CC1C=C2c1cc(-c2ccccc2)c2ccc3c(-c4cccc5c4oc4ccccc45)ccc4ccc1c2c43. The first-order valence-electron chi connectivity index (χ1n) is 15.3. The summed E-state index contributed by atoms with van der Waals surface area (Å²) in [6.45, 7) is 0. The Hall–Kier alpha value is -5.80. The minimum atomic E-state index is -0.550. The van der Waals surface area contributed by atoms with Crippen molar-refractivity contribution < 1.29 is 14.0 Å². The molecule has 0 aliphatic heterocycles. The number of carbonyl (C=O) groups excluding carboxylic acids is 2. The number of benzene rings is 7. The lowest BCUT2D eigenvalue weighted by Crippen LogP contribution is -2.36. The van der Waals surface area contributed by atoms with E-state index in [-0.39, 0.29) is 11.6 Å². The molecule has 7 aromatic carbocycles. The quantitative estimate of drug-likeness (QED) is 0.119. The van der Waals surface area contributed by atoms with E-state index >= 15 is 0 Å². The van der Waals surface area contributed by atoms with Crippen LogP contribution in [0.3, 0.4) is 0 Å². The Bertz CT molecular complexity index is 2630. The van der Waals surface area contributed by atoms with Gasteiger partial charge in [-0.15, -0.1) is 0 Å². The molecule has 8 aromatic rings. The van der Waals surface area contributed by atoms with Crippen molar-refractivity contribution in [1.29, 1.82) is 0 Å². The van der Waals surface area contributed by atoms with Gasteiger partial charge in [-0.2, -0.15) is 0 Å². The highest BCUT2D eigenvalue weighted by Crippen LogP contribution is 2.48. The first-order valence-corrected chi connectivity index (χ1v) is 15.3. The summed E-state index contributed by atoms with van der Waals surface area (Å²) in [5.41, 5.74) is 8.12. The van der Waals surface area contributed by atoms with Gasteiger partial charge >= 0.3 is 0 Å². The van der Waals surface area contributed by atoms with Crippen LogP contribution >= 0.6 is 0 Å². The van der Waals surface area contributed by atoms with E-state index in [0.717, 1.165) is 76.9 Å². The summed E-state index contributed by atoms with van der Waals surface area (Å²) < 4.78 is 6.48. The van der Waals surface area contributed by atoms with E-state index in [1.165, 1.54) is 10.8 Å². The van der Waals surface area contributed by atoms with Crippen LogP contribution in [-0.2, 0) is 9.59 Å². The number of para-hydroxylation sites is 2. The molecule has 3 aliphatic rings. The second-order valence-electron chi connectivity index (χ2n) is 12.2. The molecule has 11 rings (SSSR count). The Morgan fingerprint density at radius 2 is 1.24 bits per heavy atom. The van der Waals surface area contributed by atoms with Crippen molar-refractivity contribution in [2.45, 2.75) is 0 Å². The molecule has 3 nitrogen and oxygen atoms in total. The predicted octanol–water partition coefficient (Wildman–Crippen LogP) is 10.2. The lowest BCUT2D eigenvalue weighted by Gasteiger charge is -2.30. The van der Waals surface area contributed by atoms with Crippen molar-refractivity contribution in [2.75, 3.05) is 0 Å². The number of ketones is 2. The van der Waals surface area contributed by atoms with Gasteiger partial charge in [0.05, 0.1) is 11.8 Å². The molecule has 0 spiro atoms. The Morgan fingerprint density at radius 3 is 2.11 bits per heavy atom. The molecule has 0 radical (unpaired) electrons. The number of fused-ring (bicyclic) bond motifs is 4. The second kappa shape index (κ2) is 8.87. The molecule has 0 saturated heterocycles. The Balaban J connectivity index is 1.32. The zero-order valence-corrected chi connectivity index (χ0v) is 24.1. The molecule has 1 heterocycles. The molecule has 0 fully saturated rings. The van der Waals surface area contributed by atoms with Crippen molar-refractivity contribution in [1.82, 2.24) is 0 Å². The number of allylic oxidation sites excluding steroid dienone is 4. The van der Waals surface area contributed by atoms with Gasteiger partial charge in [0.1, 0.15) is 11.2 Å². The van der Waals surface area contributed by atoms with Crippen LogP contribution in [0, 0.1) is 11.8 Å². The summed E-state index contributed by atoms with van der Waals surface area (Å²) in [7, 11) is 0. The second-order valence-corrected chi connectivity index (χ2v) is 12.2. The highest BCUT2D eigenvalue weighted by atomic mass is 16.3. The average Bonchev–Trinajstić information content (AvgIpc) is 3.48. The smallest absolute Gasteiger partial charge is 0.210 e. The maximum Gasteiger partial charge on any atom is 0.210 e. The van der Waals surface area contributed by atoms with Crippen LogP contribution < -0.4 is 0 Å². The molecule has 45 heavy (non-hydrogen) atoms. The van der Waals surface area contributed by atoms with Crippen molar-refractivity contribution in [3.05, 3.63) is 139 Å². The molecule has 3 aliphatic carbocycles. The maximum atomic E-state index is 13.1. The lowest BCUT2D eigenvalue weighted by atomic mass is 9.71. The molecule has 3 heteroatoms. The van der Waals surface area contributed by atoms with E-state index in [2.05, 4.69) is 97.1 Å². The number of rotatable bonds is 3. The van der Waals surface area contributed by atoms with E-state index in [0.29, 0.717) is 0 Å². The topological polar surface area (TPSA) is 47.3 Å². The standard InChI is InChI=1S/C42H24O3/c43-40-25-15-18-31(41(40)44)35(21-25)36-22-34(23-7-2-1-3-8-23)29-20-19-28-26(16-13-24-14-17-30(36)39(29)38(24)28)32-10-6-11-33-27-9-4-5-12-37(27)45-42(32)33/h1-22,25,31H. The molecule has 0 N–H and O–H groups in total. The van der Waals surface area contributed by atoms with Crippen molar-refractivity contribution >= 4 is 71.4 Å². The third kappa shape index (κ3) is 3.30. The van der Waals surface area contributed by atoms with E-state index in [1.807, 2.05) is 36.4 Å². The third-order valence-electron chi connectivity index (χ3n) is 9.91. The van der Waals surface area contributed by atoms with Gasteiger partial charge in [-0.05, 0) is 72.3 Å². The van der Waals surface area contributed by atoms with Gasteiger partial charge in [0.25, 0.3) is 0 Å². The number of hydrogen-bond acceptors (Lipinski definition) is 3.